The number of benzene rings is 2. The third-order valence-corrected chi connectivity index (χ3v) is 5.96. The Morgan fingerprint density at radius 1 is 1.00 bits per heavy atom. The second kappa shape index (κ2) is 12.7. The van der Waals surface area contributed by atoms with E-state index in [4.69, 9.17) is 9.47 Å². The van der Waals surface area contributed by atoms with Gasteiger partial charge in [-0.25, -0.2) is 8.42 Å². The predicted octanol–water partition coefficient (Wildman–Crippen LogP) is 3.33. The summed E-state index contributed by atoms with van der Waals surface area (Å²) < 4.78 is 34.1. The fraction of sp³-hybridized carbons (Fsp3) is 0.409. The first-order valence-electron chi connectivity index (χ1n) is 9.73. The zero-order valence-corrected chi connectivity index (χ0v) is 21.8. The molecule has 0 fully saturated rings. The highest BCUT2D eigenvalue weighted by Gasteiger charge is 2.11. The summed E-state index contributed by atoms with van der Waals surface area (Å²) >= 11 is 0. The van der Waals surface area contributed by atoms with Crippen molar-refractivity contribution in [2.45, 2.75) is 31.2 Å². The van der Waals surface area contributed by atoms with Crippen molar-refractivity contribution in [2.24, 2.45) is 4.99 Å². The largest absolute Gasteiger partial charge is 0.493 e. The molecule has 0 saturated carbocycles. The first-order chi connectivity index (χ1) is 14.3. The zero-order valence-electron chi connectivity index (χ0n) is 18.7. The van der Waals surface area contributed by atoms with Gasteiger partial charge in [0.05, 0.1) is 19.1 Å². The topological polar surface area (TPSA) is 89.0 Å². The van der Waals surface area contributed by atoms with E-state index in [-0.39, 0.29) is 24.0 Å². The molecule has 0 bridgehead atoms. The molecule has 2 rings (SSSR count). The molecule has 0 aromatic heterocycles. The Labute approximate surface area is 202 Å². The lowest BCUT2D eigenvalue weighted by Crippen LogP contribution is -2.37. The molecule has 31 heavy (non-hydrogen) atoms. The van der Waals surface area contributed by atoms with Gasteiger partial charge >= 0.3 is 0 Å². The molecule has 2 aromatic rings. The molecule has 2 aromatic carbocycles. The summed E-state index contributed by atoms with van der Waals surface area (Å²) in [6, 6.07) is 11.3. The highest BCUT2D eigenvalue weighted by atomic mass is 127. The van der Waals surface area contributed by atoms with Gasteiger partial charge in [0.1, 0.15) is 0 Å². The Hall–Kier alpha value is -2.01. The van der Waals surface area contributed by atoms with Gasteiger partial charge < -0.3 is 20.1 Å². The SMILES string of the molecule is CN=C(NCCCc1ccc(OC)c(OC)c1)NCc1ccc(S(C)(=O)=O)c(C)c1.I. The van der Waals surface area contributed by atoms with E-state index < -0.39 is 9.84 Å². The van der Waals surface area contributed by atoms with Gasteiger partial charge in [0.15, 0.2) is 27.3 Å². The van der Waals surface area contributed by atoms with E-state index in [1.165, 1.54) is 11.8 Å². The minimum Gasteiger partial charge on any atom is -0.493 e. The zero-order chi connectivity index (χ0) is 22.1. The first kappa shape index (κ1) is 27.0. The Kier molecular flexibility index (Phi) is 11.1. The van der Waals surface area contributed by atoms with Gasteiger partial charge in [-0.15, -0.1) is 24.0 Å². The van der Waals surface area contributed by atoms with Crippen molar-refractivity contribution in [3.63, 3.8) is 0 Å². The molecule has 0 heterocycles. The molecule has 9 heteroatoms. The summed E-state index contributed by atoms with van der Waals surface area (Å²) in [7, 11) is 1.78. The fourth-order valence-corrected chi connectivity index (χ4v) is 4.14. The van der Waals surface area contributed by atoms with Crippen LogP contribution >= 0.6 is 24.0 Å². The maximum Gasteiger partial charge on any atom is 0.191 e. The van der Waals surface area contributed by atoms with Crippen LogP contribution in [-0.4, -0.2) is 48.4 Å². The first-order valence-corrected chi connectivity index (χ1v) is 11.6. The number of methoxy groups -OCH3 is 2. The monoisotopic (exact) mass is 561 g/mol. The smallest absolute Gasteiger partial charge is 0.191 e. The van der Waals surface area contributed by atoms with Crippen LogP contribution in [0.15, 0.2) is 46.3 Å². The highest BCUT2D eigenvalue weighted by Crippen LogP contribution is 2.27. The van der Waals surface area contributed by atoms with Crippen LogP contribution in [0.3, 0.4) is 0 Å². The third-order valence-electron chi connectivity index (χ3n) is 4.71. The van der Waals surface area contributed by atoms with E-state index in [1.54, 1.807) is 34.3 Å². The number of hydrogen-bond acceptors (Lipinski definition) is 5. The lowest BCUT2D eigenvalue weighted by molar-refractivity contribution is 0.354. The van der Waals surface area contributed by atoms with E-state index >= 15 is 0 Å². The number of rotatable bonds is 9. The van der Waals surface area contributed by atoms with Gasteiger partial charge in [-0.3, -0.25) is 4.99 Å². The van der Waals surface area contributed by atoms with Crippen molar-refractivity contribution in [1.29, 1.82) is 0 Å². The number of aliphatic imine (C=N–C) groups is 1. The van der Waals surface area contributed by atoms with Crippen molar-refractivity contribution in [3.8, 4) is 11.5 Å². The van der Waals surface area contributed by atoms with Crippen molar-refractivity contribution < 1.29 is 17.9 Å². The molecule has 0 aliphatic heterocycles. The van der Waals surface area contributed by atoms with Crippen LogP contribution in [-0.2, 0) is 22.8 Å². The Balaban J connectivity index is 0.00000480. The Morgan fingerprint density at radius 3 is 2.26 bits per heavy atom. The van der Waals surface area contributed by atoms with Gasteiger partial charge in [0.25, 0.3) is 0 Å². The average Bonchev–Trinajstić information content (AvgIpc) is 2.72. The summed E-state index contributed by atoms with van der Waals surface area (Å²) in [5.74, 6) is 2.16. The number of guanidine groups is 1. The van der Waals surface area contributed by atoms with Crippen LogP contribution in [0.2, 0.25) is 0 Å². The van der Waals surface area contributed by atoms with Crippen LogP contribution < -0.4 is 20.1 Å². The molecule has 0 unspecified atom stereocenters. The standard InChI is InChI=1S/C22H31N3O4S.HI/c1-16-13-18(9-11-21(16)30(5,26)27)15-25-22(23-2)24-12-6-7-17-8-10-19(28-3)20(14-17)29-4;/h8-11,13-14H,6-7,12,15H2,1-5H3,(H2,23,24,25);1H. The number of nitrogens with one attached hydrogen (secondary N) is 2. The number of nitrogens with zero attached hydrogens (tertiary/aromatic N) is 1. The quantitative estimate of drug-likeness (QED) is 0.212. The van der Waals surface area contributed by atoms with Crippen LogP contribution in [0.25, 0.3) is 0 Å². The number of aryl methyl sites for hydroxylation is 2. The molecular formula is C22H32IN3O4S. The van der Waals surface area contributed by atoms with Crippen LogP contribution in [0.5, 0.6) is 11.5 Å². The van der Waals surface area contributed by atoms with Crippen molar-refractivity contribution in [2.75, 3.05) is 34.1 Å². The molecule has 2 N–H and O–H groups in total. The Bertz CT molecular complexity index is 994. The molecule has 0 amide bonds. The van der Waals surface area contributed by atoms with Gasteiger partial charge in [-0.2, -0.15) is 0 Å². The van der Waals surface area contributed by atoms with Crippen molar-refractivity contribution in [3.05, 3.63) is 53.1 Å². The molecule has 0 atom stereocenters. The molecule has 0 spiro atoms. The fourth-order valence-electron chi connectivity index (χ4n) is 3.18. The lowest BCUT2D eigenvalue weighted by Gasteiger charge is -2.13. The van der Waals surface area contributed by atoms with E-state index in [1.807, 2.05) is 30.3 Å². The van der Waals surface area contributed by atoms with Gasteiger partial charge in [-0.1, -0.05) is 18.2 Å². The molecule has 0 saturated heterocycles. The summed E-state index contributed by atoms with van der Waals surface area (Å²) in [4.78, 5) is 4.60. The minimum atomic E-state index is -3.20. The lowest BCUT2D eigenvalue weighted by atomic mass is 10.1. The van der Waals surface area contributed by atoms with Crippen molar-refractivity contribution in [1.82, 2.24) is 10.6 Å². The van der Waals surface area contributed by atoms with Crippen LogP contribution in [0.4, 0.5) is 0 Å². The number of ether oxygens (including phenoxy) is 2. The molecule has 0 aliphatic carbocycles. The molecule has 172 valence electrons. The number of hydrogen-bond donors (Lipinski definition) is 2. The molecule has 0 aliphatic rings. The summed E-state index contributed by atoms with van der Waals surface area (Å²) in [5.41, 5.74) is 2.92. The third kappa shape index (κ3) is 8.21. The van der Waals surface area contributed by atoms with E-state index in [9.17, 15) is 8.42 Å². The Morgan fingerprint density at radius 2 is 1.68 bits per heavy atom. The van der Waals surface area contributed by atoms with E-state index in [0.29, 0.717) is 17.4 Å². The summed E-state index contributed by atoms with van der Waals surface area (Å²) in [5, 5.41) is 6.55. The normalized spacial score (nSPS) is 11.5. The maximum atomic E-state index is 11.7. The molecule has 0 radical (unpaired) electrons. The second-order valence-corrected chi connectivity index (χ2v) is 9.00. The molecular weight excluding hydrogens is 529 g/mol. The van der Waals surface area contributed by atoms with Crippen LogP contribution in [0, 0.1) is 6.92 Å². The van der Waals surface area contributed by atoms with E-state index in [2.05, 4.69) is 15.6 Å². The number of sulfone groups is 1. The minimum absolute atomic E-state index is 0. The summed E-state index contributed by atoms with van der Waals surface area (Å²) in [6.45, 7) is 3.13. The predicted molar refractivity (Wildman–Crippen MR) is 136 cm³/mol. The maximum absolute atomic E-state index is 11.7. The molecule has 7 nitrogen and oxygen atoms in total. The van der Waals surface area contributed by atoms with Crippen LogP contribution in [0.1, 0.15) is 23.1 Å². The highest BCUT2D eigenvalue weighted by molar-refractivity contribution is 14.0. The van der Waals surface area contributed by atoms with Gasteiger partial charge in [0, 0.05) is 26.4 Å². The van der Waals surface area contributed by atoms with E-state index in [0.717, 1.165) is 42.0 Å². The number of halogens is 1. The van der Waals surface area contributed by atoms with Crippen molar-refractivity contribution >= 4 is 39.8 Å². The van der Waals surface area contributed by atoms with Gasteiger partial charge in [-0.05, 0) is 54.7 Å². The summed E-state index contributed by atoms with van der Waals surface area (Å²) in [6.07, 6.45) is 3.05. The average molecular weight is 561 g/mol. The second-order valence-electron chi connectivity index (χ2n) is 7.02. The van der Waals surface area contributed by atoms with Gasteiger partial charge in [0.2, 0.25) is 0 Å².